The second-order valence-electron chi connectivity index (χ2n) is 4.29. The highest BCUT2D eigenvalue weighted by Crippen LogP contribution is 2.24. The van der Waals surface area contributed by atoms with E-state index in [2.05, 4.69) is 25.9 Å². The molecule has 0 aliphatic rings. The van der Waals surface area contributed by atoms with Gasteiger partial charge in [-0.3, -0.25) is 4.40 Å². The highest BCUT2D eigenvalue weighted by atomic mass is 79.9. The van der Waals surface area contributed by atoms with Gasteiger partial charge in [0.25, 0.3) is 0 Å². The zero-order chi connectivity index (χ0) is 14.8. The van der Waals surface area contributed by atoms with Gasteiger partial charge in [-0.25, -0.2) is 14.8 Å². The summed E-state index contributed by atoms with van der Waals surface area (Å²) in [6.45, 7) is 0.172. The summed E-state index contributed by atoms with van der Waals surface area (Å²) in [7, 11) is 0. The Kier molecular flexibility index (Phi) is 3.57. The number of hydrogen-bond acceptors (Lipinski definition) is 4. The van der Waals surface area contributed by atoms with Crippen molar-refractivity contribution in [2.24, 2.45) is 0 Å². The van der Waals surface area contributed by atoms with E-state index in [1.807, 2.05) is 6.20 Å². The Morgan fingerprint density at radius 3 is 3.05 bits per heavy atom. The molecule has 0 atom stereocenters. The van der Waals surface area contributed by atoms with E-state index >= 15 is 0 Å². The molecular weight excluding hydrogens is 338 g/mol. The van der Waals surface area contributed by atoms with Gasteiger partial charge in [0.1, 0.15) is 17.9 Å². The van der Waals surface area contributed by atoms with Crippen LogP contribution in [0.3, 0.4) is 0 Å². The molecule has 0 spiro atoms. The van der Waals surface area contributed by atoms with Crippen molar-refractivity contribution in [1.29, 1.82) is 0 Å². The molecule has 0 aliphatic carbocycles. The Morgan fingerprint density at radius 2 is 2.29 bits per heavy atom. The fourth-order valence-corrected chi connectivity index (χ4v) is 2.26. The summed E-state index contributed by atoms with van der Waals surface area (Å²) in [4.78, 5) is 19.6. The lowest BCUT2D eigenvalue weighted by Crippen LogP contribution is -2.03. The van der Waals surface area contributed by atoms with Gasteiger partial charge < -0.3 is 9.84 Å². The second-order valence-corrected chi connectivity index (χ2v) is 5.21. The molecule has 3 rings (SSSR count). The minimum absolute atomic E-state index is 0.103. The number of nitrogens with zero attached hydrogens (tertiary/aromatic N) is 3. The van der Waals surface area contributed by atoms with Gasteiger partial charge in [0.05, 0.1) is 5.69 Å². The summed E-state index contributed by atoms with van der Waals surface area (Å²) in [5.41, 5.74) is 0.777. The van der Waals surface area contributed by atoms with Crippen molar-refractivity contribution in [3.05, 3.63) is 58.6 Å². The molecule has 0 radical (unpaired) electrons. The zero-order valence-corrected chi connectivity index (χ0v) is 12.3. The van der Waals surface area contributed by atoms with Gasteiger partial charge in [-0.15, -0.1) is 0 Å². The SMILES string of the molecule is O=C(O)c1cc(Br)ccc1OCc1cn2cccnc2n1. The number of aromatic nitrogens is 3. The lowest BCUT2D eigenvalue weighted by atomic mass is 10.2. The molecular formula is C14H10BrN3O3. The topological polar surface area (TPSA) is 76.7 Å². The van der Waals surface area contributed by atoms with Crippen molar-refractivity contribution in [2.45, 2.75) is 6.61 Å². The van der Waals surface area contributed by atoms with Crippen molar-refractivity contribution in [3.8, 4) is 5.75 Å². The molecule has 21 heavy (non-hydrogen) atoms. The fourth-order valence-electron chi connectivity index (χ4n) is 1.90. The maximum Gasteiger partial charge on any atom is 0.339 e. The number of rotatable bonds is 4. The Hall–Kier alpha value is -2.41. The Morgan fingerprint density at radius 1 is 1.43 bits per heavy atom. The quantitative estimate of drug-likeness (QED) is 0.785. The molecule has 0 aliphatic heterocycles. The highest BCUT2D eigenvalue weighted by molar-refractivity contribution is 9.10. The van der Waals surface area contributed by atoms with Gasteiger partial charge in [0.15, 0.2) is 0 Å². The Labute approximate surface area is 128 Å². The number of carbonyl (C=O) groups is 1. The molecule has 0 bridgehead atoms. The van der Waals surface area contributed by atoms with Crippen molar-refractivity contribution < 1.29 is 14.6 Å². The summed E-state index contributed by atoms with van der Waals surface area (Å²) in [6, 6.07) is 6.65. The Bertz CT molecular complexity index is 783. The largest absolute Gasteiger partial charge is 0.486 e. The molecule has 7 heteroatoms. The minimum Gasteiger partial charge on any atom is -0.486 e. The average Bonchev–Trinajstić information content (AvgIpc) is 2.88. The van der Waals surface area contributed by atoms with Crippen LogP contribution < -0.4 is 4.74 Å². The fraction of sp³-hybridized carbons (Fsp3) is 0.0714. The van der Waals surface area contributed by atoms with E-state index in [9.17, 15) is 9.90 Å². The van der Waals surface area contributed by atoms with Crippen molar-refractivity contribution in [3.63, 3.8) is 0 Å². The third kappa shape index (κ3) is 2.87. The number of carboxylic acid groups (broad SMARTS) is 1. The first-order chi connectivity index (χ1) is 10.1. The molecule has 3 aromatic rings. The molecule has 106 valence electrons. The summed E-state index contributed by atoms with van der Waals surface area (Å²) >= 11 is 3.24. The van der Waals surface area contributed by atoms with E-state index in [1.54, 1.807) is 35.0 Å². The number of ether oxygens (including phenoxy) is 1. The van der Waals surface area contributed by atoms with E-state index in [-0.39, 0.29) is 12.2 Å². The molecule has 0 amide bonds. The first-order valence-corrected chi connectivity index (χ1v) is 6.87. The second kappa shape index (κ2) is 5.53. The third-order valence-corrected chi connectivity index (χ3v) is 3.33. The third-order valence-electron chi connectivity index (χ3n) is 2.83. The van der Waals surface area contributed by atoms with Gasteiger partial charge in [0.2, 0.25) is 5.78 Å². The number of halogens is 1. The molecule has 0 fully saturated rings. The number of hydrogen-bond donors (Lipinski definition) is 1. The molecule has 2 aromatic heterocycles. The maximum atomic E-state index is 11.2. The standard InChI is InChI=1S/C14H10BrN3O3/c15-9-2-3-12(11(6-9)13(19)20)21-8-10-7-18-5-1-4-16-14(18)17-10/h1-7H,8H2,(H,19,20). The van der Waals surface area contributed by atoms with Crippen molar-refractivity contribution in [1.82, 2.24) is 14.4 Å². The summed E-state index contributed by atoms with van der Waals surface area (Å²) in [5, 5.41) is 9.17. The molecule has 0 saturated heterocycles. The monoisotopic (exact) mass is 347 g/mol. The van der Waals surface area contributed by atoms with Crippen LogP contribution in [-0.4, -0.2) is 25.4 Å². The smallest absolute Gasteiger partial charge is 0.339 e. The highest BCUT2D eigenvalue weighted by Gasteiger charge is 2.12. The van der Waals surface area contributed by atoms with E-state index < -0.39 is 5.97 Å². The van der Waals surface area contributed by atoms with Crippen LogP contribution in [0.1, 0.15) is 16.1 Å². The van der Waals surface area contributed by atoms with Gasteiger partial charge >= 0.3 is 5.97 Å². The molecule has 2 heterocycles. The van der Waals surface area contributed by atoms with E-state index in [0.717, 1.165) is 0 Å². The zero-order valence-electron chi connectivity index (χ0n) is 10.7. The normalized spacial score (nSPS) is 10.7. The molecule has 0 unspecified atom stereocenters. The minimum atomic E-state index is -1.04. The van der Waals surface area contributed by atoms with Crippen LogP contribution in [0.15, 0.2) is 47.3 Å². The van der Waals surface area contributed by atoms with Gasteiger partial charge in [-0.2, -0.15) is 0 Å². The van der Waals surface area contributed by atoms with Crippen LogP contribution in [0.4, 0.5) is 0 Å². The predicted octanol–water partition coefficient (Wildman–Crippen LogP) is 2.77. The van der Waals surface area contributed by atoms with Crippen LogP contribution in [0.5, 0.6) is 5.75 Å². The van der Waals surface area contributed by atoms with Gasteiger partial charge in [-0.1, -0.05) is 15.9 Å². The van der Waals surface area contributed by atoms with E-state index in [1.165, 1.54) is 6.07 Å². The summed E-state index contributed by atoms with van der Waals surface area (Å²) in [6.07, 6.45) is 5.28. The lowest BCUT2D eigenvalue weighted by molar-refractivity contribution is 0.0691. The first kappa shape index (κ1) is 13.6. The summed E-state index contributed by atoms with van der Waals surface area (Å²) < 4.78 is 8.02. The average molecular weight is 348 g/mol. The number of carboxylic acids is 1. The van der Waals surface area contributed by atoms with Crippen LogP contribution in [0, 0.1) is 0 Å². The lowest BCUT2D eigenvalue weighted by Gasteiger charge is -2.08. The van der Waals surface area contributed by atoms with Gasteiger partial charge in [-0.05, 0) is 24.3 Å². The van der Waals surface area contributed by atoms with Crippen LogP contribution >= 0.6 is 15.9 Å². The van der Waals surface area contributed by atoms with Crippen LogP contribution in [0.25, 0.3) is 5.78 Å². The van der Waals surface area contributed by atoms with E-state index in [0.29, 0.717) is 21.7 Å². The van der Waals surface area contributed by atoms with Crippen LogP contribution in [0.2, 0.25) is 0 Å². The molecule has 1 N–H and O–H groups in total. The molecule has 0 saturated carbocycles. The number of benzene rings is 1. The Balaban J connectivity index is 1.83. The molecule has 6 nitrogen and oxygen atoms in total. The summed E-state index contributed by atoms with van der Waals surface area (Å²) in [5.74, 6) is -0.163. The maximum absolute atomic E-state index is 11.2. The number of imidazole rings is 1. The first-order valence-electron chi connectivity index (χ1n) is 6.08. The number of fused-ring (bicyclic) bond motifs is 1. The molecule has 1 aromatic carbocycles. The predicted molar refractivity (Wildman–Crippen MR) is 78.4 cm³/mol. The van der Waals surface area contributed by atoms with Crippen molar-refractivity contribution >= 4 is 27.7 Å². The van der Waals surface area contributed by atoms with Crippen LogP contribution in [-0.2, 0) is 6.61 Å². The number of aromatic carboxylic acids is 1. The van der Waals surface area contributed by atoms with Gasteiger partial charge in [0, 0.05) is 23.1 Å². The van der Waals surface area contributed by atoms with Crippen molar-refractivity contribution in [2.75, 3.05) is 0 Å². The van der Waals surface area contributed by atoms with E-state index in [4.69, 9.17) is 4.74 Å².